The molecule has 266 valence electrons. The van der Waals surface area contributed by atoms with Crippen LogP contribution in [-0.2, 0) is 38.4 Å². The van der Waals surface area contributed by atoms with Gasteiger partial charge in [-0.2, -0.15) is 19.2 Å². The van der Waals surface area contributed by atoms with Crippen LogP contribution in [0, 0.1) is 0 Å². The first-order chi connectivity index (χ1) is 22.1. The summed E-state index contributed by atoms with van der Waals surface area (Å²) >= 11 is 0. The van der Waals surface area contributed by atoms with Crippen molar-refractivity contribution in [1.29, 1.82) is 0 Å². The van der Waals surface area contributed by atoms with Crippen molar-refractivity contribution in [2.24, 2.45) is 0 Å². The average Bonchev–Trinajstić information content (AvgIpc) is 3.01. The normalized spacial score (nSPS) is 10.6. The number of likely N-dealkylation sites (N-methyl/N-ethyl adjacent to an activating group) is 1. The van der Waals surface area contributed by atoms with Crippen molar-refractivity contribution in [2.75, 3.05) is 19.6 Å². The molecule has 0 aromatic carbocycles. The molecule has 12 nitrogen and oxygen atoms in total. The van der Waals surface area contributed by atoms with Crippen LogP contribution in [0.15, 0.2) is 0 Å². The lowest BCUT2D eigenvalue weighted by molar-refractivity contribution is -0.193. The number of carbonyl (C=O) groups excluding carboxylic acids is 6. The molecule has 0 rings (SSSR count). The van der Waals surface area contributed by atoms with E-state index < -0.39 is 24.4 Å². The molecule has 0 spiro atoms. The smallest absolute Gasteiger partial charge is 0.373 e. The zero-order valence-corrected chi connectivity index (χ0v) is 28.6. The van der Waals surface area contributed by atoms with E-state index in [2.05, 4.69) is 13.8 Å². The van der Waals surface area contributed by atoms with Crippen molar-refractivity contribution in [2.45, 2.75) is 162 Å². The van der Waals surface area contributed by atoms with Crippen LogP contribution in [-0.4, -0.2) is 81.7 Å². The molecule has 0 bridgehead atoms. The van der Waals surface area contributed by atoms with Crippen molar-refractivity contribution in [3.05, 3.63) is 0 Å². The van der Waals surface area contributed by atoms with Crippen molar-refractivity contribution < 1.29 is 48.6 Å². The standard InChI is InChI=1S/C32H60N2O6.2CO2/c1-4-7-9-11-13-15-17-19-21-23-29(35)33(6-3)25-26-34(28(32(39)40)27-31(37)38)30(36)24-22-20-18-16-14-12-10-8-5-2;2*2-1-3/h28H,4-27H2,1-3H3,(H,37,38)(H,39,40);;. The topological polar surface area (TPSA) is 184 Å². The second-order valence-electron chi connectivity index (χ2n) is 11.3. The third kappa shape index (κ3) is 30.7. The van der Waals surface area contributed by atoms with Crippen LogP contribution in [0.3, 0.4) is 0 Å². The number of hydrogen-bond donors (Lipinski definition) is 2. The zero-order valence-electron chi connectivity index (χ0n) is 28.6. The number of nitrogens with zero attached hydrogens (tertiary/aromatic N) is 2. The minimum Gasteiger partial charge on any atom is -0.481 e. The van der Waals surface area contributed by atoms with Crippen LogP contribution in [0.5, 0.6) is 0 Å². The molecule has 0 fully saturated rings. The van der Waals surface area contributed by atoms with E-state index in [-0.39, 0.29) is 43.6 Å². The largest absolute Gasteiger partial charge is 0.481 e. The van der Waals surface area contributed by atoms with E-state index in [9.17, 15) is 29.4 Å². The van der Waals surface area contributed by atoms with Crippen LogP contribution in [0.2, 0.25) is 0 Å². The molecule has 12 heteroatoms. The Kier molecular flexibility index (Phi) is 36.9. The van der Waals surface area contributed by atoms with E-state index in [1.54, 1.807) is 4.90 Å². The quantitative estimate of drug-likeness (QED) is 0.0910. The highest BCUT2D eigenvalue weighted by Gasteiger charge is 2.32. The third-order valence-electron chi connectivity index (χ3n) is 7.68. The second kappa shape index (κ2) is 36.1. The fourth-order valence-electron chi connectivity index (χ4n) is 5.11. The summed E-state index contributed by atoms with van der Waals surface area (Å²) in [5.74, 6) is -2.94. The lowest BCUT2D eigenvalue weighted by atomic mass is 10.1. The van der Waals surface area contributed by atoms with Gasteiger partial charge in [-0.3, -0.25) is 14.4 Å². The SMILES string of the molecule is CCCCCCCCCCCC(=O)N(CC)CCN(C(=O)CCCCCCCCCCC)C(CC(=O)O)C(=O)O.O=C=O.O=C=O. The molecule has 0 saturated heterocycles. The first-order valence-corrected chi connectivity index (χ1v) is 17.1. The molecule has 0 saturated carbocycles. The highest BCUT2D eigenvalue weighted by Crippen LogP contribution is 2.15. The molecule has 1 atom stereocenters. The first-order valence-electron chi connectivity index (χ1n) is 17.1. The van der Waals surface area contributed by atoms with Gasteiger partial charge in [-0.05, 0) is 19.8 Å². The zero-order chi connectivity index (χ0) is 35.4. The summed E-state index contributed by atoms with van der Waals surface area (Å²) in [7, 11) is 0. The van der Waals surface area contributed by atoms with Crippen molar-refractivity contribution in [1.82, 2.24) is 9.80 Å². The van der Waals surface area contributed by atoms with Crippen molar-refractivity contribution in [3.63, 3.8) is 0 Å². The molecule has 2 N–H and O–H groups in total. The Morgan fingerprint density at radius 2 is 0.891 bits per heavy atom. The number of hydrogen-bond acceptors (Lipinski definition) is 8. The minimum atomic E-state index is -1.44. The van der Waals surface area contributed by atoms with Crippen LogP contribution >= 0.6 is 0 Å². The van der Waals surface area contributed by atoms with Gasteiger partial charge >= 0.3 is 24.2 Å². The van der Waals surface area contributed by atoms with E-state index in [4.69, 9.17) is 19.2 Å². The number of carboxylic acid groups (broad SMARTS) is 2. The summed E-state index contributed by atoms with van der Waals surface area (Å²) in [5.41, 5.74) is 0. The molecule has 0 aromatic heterocycles. The molecular formula is C34H60N2O10. The molecule has 0 aromatic rings. The molecule has 0 aliphatic heterocycles. The predicted molar refractivity (Wildman–Crippen MR) is 171 cm³/mol. The Labute approximate surface area is 275 Å². The Balaban J connectivity index is -0.00000283. The monoisotopic (exact) mass is 656 g/mol. The van der Waals surface area contributed by atoms with Crippen molar-refractivity contribution >= 4 is 36.1 Å². The molecule has 0 heterocycles. The maximum absolute atomic E-state index is 13.1. The van der Waals surface area contributed by atoms with Gasteiger partial charge in [-0.25, -0.2) is 4.79 Å². The Morgan fingerprint density at radius 1 is 0.543 bits per heavy atom. The molecular weight excluding hydrogens is 596 g/mol. The van der Waals surface area contributed by atoms with Gasteiger partial charge in [0.05, 0.1) is 6.42 Å². The third-order valence-corrected chi connectivity index (χ3v) is 7.68. The van der Waals surface area contributed by atoms with Gasteiger partial charge in [0, 0.05) is 32.5 Å². The van der Waals surface area contributed by atoms with Gasteiger partial charge < -0.3 is 20.0 Å². The highest BCUT2D eigenvalue weighted by atomic mass is 16.4. The summed E-state index contributed by atoms with van der Waals surface area (Å²) in [6, 6.07) is -1.44. The number of carbonyl (C=O) groups is 4. The maximum Gasteiger partial charge on any atom is 0.373 e. The molecule has 1 unspecified atom stereocenters. The van der Waals surface area contributed by atoms with Crippen LogP contribution in [0.25, 0.3) is 0 Å². The van der Waals surface area contributed by atoms with Crippen LogP contribution in [0.1, 0.15) is 156 Å². The van der Waals surface area contributed by atoms with Gasteiger partial charge in [-0.1, -0.05) is 117 Å². The maximum atomic E-state index is 13.1. The summed E-state index contributed by atoms with van der Waals surface area (Å²) in [4.78, 5) is 84.5. The highest BCUT2D eigenvalue weighted by molar-refractivity contribution is 5.87. The molecule has 0 radical (unpaired) electrons. The van der Waals surface area contributed by atoms with E-state index in [1.165, 1.54) is 75.5 Å². The van der Waals surface area contributed by atoms with Gasteiger partial charge in [-0.15, -0.1) is 0 Å². The van der Waals surface area contributed by atoms with Gasteiger partial charge in [0.1, 0.15) is 6.04 Å². The fourth-order valence-corrected chi connectivity index (χ4v) is 5.11. The molecule has 0 aliphatic carbocycles. The van der Waals surface area contributed by atoms with Crippen LogP contribution < -0.4 is 0 Å². The van der Waals surface area contributed by atoms with Crippen molar-refractivity contribution in [3.8, 4) is 0 Å². The van der Waals surface area contributed by atoms with E-state index >= 15 is 0 Å². The minimum absolute atomic E-state index is 0.00175. The van der Waals surface area contributed by atoms with E-state index in [0.717, 1.165) is 38.5 Å². The second-order valence-corrected chi connectivity index (χ2v) is 11.3. The first kappa shape index (κ1) is 47.1. The lowest BCUT2D eigenvalue weighted by Gasteiger charge is -2.31. The van der Waals surface area contributed by atoms with E-state index in [0.29, 0.717) is 19.4 Å². The van der Waals surface area contributed by atoms with Gasteiger partial charge in [0.15, 0.2) is 0 Å². The summed E-state index contributed by atoms with van der Waals surface area (Å²) in [6.07, 6.45) is 20.9. The summed E-state index contributed by atoms with van der Waals surface area (Å²) < 4.78 is 0. The molecule has 2 amide bonds. The molecule has 0 aliphatic rings. The Hall–Kier alpha value is -3.36. The van der Waals surface area contributed by atoms with E-state index in [1.807, 2.05) is 6.92 Å². The number of carboxylic acids is 2. The summed E-state index contributed by atoms with van der Waals surface area (Å²) in [6.45, 7) is 6.98. The summed E-state index contributed by atoms with van der Waals surface area (Å²) in [5, 5.41) is 19.0. The van der Waals surface area contributed by atoms with Gasteiger partial charge in [0.25, 0.3) is 0 Å². The predicted octanol–water partition coefficient (Wildman–Crippen LogP) is 6.27. The Bertz CT molecular complexity index is 841. The fraction of sp³-hybridized carbons (Fsp3) is 0.824. The van der Waals surface area contributed by atoms with Gasteiger partial charge in [0.2, 0.25) is 11.8 Å². The number of rotatable bonds is 28. The number of unbranched alkanes of at least 4 members (excludes halogenated alkanes) is 16. The Morgan fingerprint density at radius 3 is 1.22 bits per heavy atom. The molecule has 46 heavy (non-hydrogen) atoms. The number of amides is 2. The lowest BCUT2D eigenvalue weighted by Crippen LogP contribution is -2.49. The average molecular weight is 657 g/mol. The number of aliphatic carboxylic acids is 2. The van der Waals surface area contributed by atoms with Crippen LogP contribution in [0.4, 0.5) is 0 Å².